The number of anilines is 2. The van der Waals surface area contributed by atoms with Crippen LogP contribution in [0.2, 0.25) is 0 Å². The number of thioether (sulfide) groups is 1. The lowest BCUT2D eigenvalue weighted by Crippen LogP contribution is -2.41. The van der Waals surface area contributed by atoms with Crippen LogP contribution in [0.1, 0.15) is 32.6 Å². The molecule has 5 rings (SSSR count). The number of nitrogens with zero attached hydrogens (tertiary/aromatic N) is 7. The summed E-state index contributed by atoms with van der Waals surface area (Å²) in [5.74, 6) is 0.707. The highest BCUT2D eigenvalue weighted by Gasteiger charge is 2.29. The summed E-state index contributed by atoms with van der Waals surface area (Å²) in [6.07, 6.45) is 11.2. The van der Waals surface area contributed by atoms with Crippen LogP contribution in [0, 0.1) is 17.2 Å². The predicted molar refractivity (Wildman–Crippen MR) is 125 cm³/mol. The first-order valence-electron chi connectivity index (χ1n) is 11.2. The number of amides is 1. The monoisotopic (exact) mass is 463 g/mol. The number of hydrogen-bond donors (Lipinski definition) is 2. The minimum Gasteiger partial charge on any atom is -0.337 e. The number of H-pyrrole nitrogens is 1. The van der Waals surface area contributed by atoms with Crippen LogP contribution in [0.5, 0.6) is 0 Å². The SMILES string of the molecule is CCn1cc(Nc2nc(S[C@@H]3CCCN(C(=O)C(C#N)=CC4CC4)C3)c3cn[nH]c3n2)cn1. The Labute approximate surface area is 195 Å². The molecule has 11 heteroatoms. The highest BCUT2D eigenvalue weighted by Crippen LogP contribution is 2.34. The third kappa shape index (κ3) is 4.85. The molecule has 1 aliphatic heterocycles. The fourth-order valence-corrected chi connectivity index (χ4v) is 5.16. The molecule has 2 N–H and O–H groups in total. The van der Waals surface area contributed by atoms with Gasteiger partial charge in [0.2, 0.25) is 5.95 Å². The van der Waals surface area contributed by atoms with E-state index < -0.39 is 0 Å². The van der Waals surface area contributed by atoms with Crippen LogP contribution >= 0.6 is 11.8 Å². The number of nitrogens with one attached hydrogen (secondary N) is 2. The number of aromatic amines is 1. The third-order valence-electron chi connectivity index (χ3n) is 5.81. The Hall–Kier alpha value is -3.39. The van der Waals surface area contributed by atoms with E-state index in [1.807, 2.05) is 28.8 Å². The van der Waals surface area contributed by atoms with E-state index in [2.05, 4.69) is 31.7 Å². The van der Waals surface area contributed by atoms with Gasteiger partial charge >= 0.3 is 0 Å². The Kier molecular flexibility index (Phi) is 6.00. The minimum absolute atomic E-state index is 0.152. The number of aryl methyl sites for hydroxylation is 1. The standard InChI is InChI=1S/C22H25N9OS/c1-2-31-12-16(10-25-31)26-22-27-19-18(11-24-29-19)20(28-22)33-17-4-3-7-30(13-17)21(32)15(9-23)8-14-5-6-14/h8,10-12,14,17H,2-7,13H2,1H3,(H2,24,26,27,28,29)/t17-/m1/s1. The molecule has 0 bridgehead atoms. The summed E-state index contributed by atoms with van der Waals surface area (Å²) in [4.78, 5) is 24.0. The molecule has 170 valence electrons. The first-order valence-corrected chi connectivity index (χ1v) is 12.1. The van der Waals surface area contributed by atoms with Crippen molar-refractivity contribution in [2.24, 2.45) is 5.92 Å². The van der Waals surface area contributed by atoms with Gasteiger partial charge in [-0.3, -0.25) is 14.6 Å². The topological polar surface area (TPSA) is 128 Å². The number of piperidine rings is 1. The Balaban J connectivity index is 1.33. The van der Waals surface area contributed by atoms with Crippen LogP contribution in [-0.4, -0.2) is 59.1 Å². The van der Waals surface area contributed by atoms with Gasteiger partial charge in [0.15, 0.2) is 5.65 Å². The highest BCUT2D eigenvalue weighted by atomic mass is 32.2. The molecule has 0 spiro atoms. The number of hydrogen-bond acceptors (Lipinski definition) is 8. The van der Waals surface area contributed by atoms with Crippen molar-refractivity contribution in [3.63, 3.8) is 0 Å². The summed E-state index contributed by atoms with van der Waals surface area (Å²) >= 11 is 1.63. The highest BCUT2D eigenvalue weighted by molar-refractivity contribution is 8.00. The van der Waals surface area contributed by atoms with Crippen molar-refractivity contribution in [1.29, 1.82) is 5.26 Å². The van der Waals surface area contributed by atoms with E-state index in [1.54, 1.807) is 24.2 Å². The number of likely N-dealkylation sites (tertiary alicyclic amines) is 1. The predicted octanol–water partition coefficient (Wildman–Crippen LogP) is 3.26. The van der Waals surface area contributed by atoms with E-state index in [0.717, 1.165) is 48.3 Å². The largest absolute Gasteiger partial charge is 0.337 e. The lowest BCUT2D eigenvalue weighted by Gasteiger charge is -2.32. The summed E-state index contributed by atoms with van der Waals surface area (Å²) in [5.41, 5.74) is 1.75. The quantitative estimate of drug-likeness (QED) is 0.310. The number of carbonyl (C=O) groups is 1. The van der Waals surface area contributed by atoms with Crippen LogP contribution in [0.4, 0.5) is 11.6 Å². The molecule has 0 unspecified atom stereocenters. The summed E-state index contributed by atoms with van der Waals surface area (Å²) in [7, 11) is 0. The van der Waals surface area contributed by atoms with Crippen LogP contribution in [0.3, 0.4) is 0 Å². The number of carbonyl (C=O) groups excluding carboxylic acids is 1. The van der Waals surface area contributed by atoms with Crippen molar-refractivity contribution >= 4 is 40.3 Å². The van der Waals surface area contributed by atoms with Gasteiger partial charge in [-0.15, -0.1) is 11.8 Å². The van der Waals surface area contributed by atoms with Gasteiger partial charge < -0.3 is 10.2 Å². The van der Waals surface area contributed by atoms with Crippen LogP contribution in [-0.2, 0) is 11.3 Å². The summed E-state index contributed by atoms with van der Waals surface area (Å²) in [5, 5.41) is 25.9. The second kappa shape index (κ2) is 9.23. The minimum atomic E-state index is -0.152. The number of fused-ring (bicyclic) bond motifs is 1. The Morgan fingerprint density at radius 2 is 2.24 bits per heavy atom. The molecule has 3 aromatic heterocycles. The van der Waals surface area contributed by atoms with Crippen molar-refractivity contribution in [1.82, 2.24) is 34.8 Å². The third-order valence-corrected chi connectivity index (χ3v) is 7.06. The van der Waals surface area contributed by atoms with Gasteiger partial charge in [0.1, 0.15) is 16.7 Å². The molecule has 0 radical (unpaired) electrons. The lowest BCUT2D eigenvalue weighted by atomic mass is 10.1. The molecule has 1 aliphatic carbocycles. The number of nitriles is 1. The second-order valence-corrected chi connectivity index (χ2v) is 9.65. The van der Waals surface area contributed by atoms with Gasteiger partial charge in [0.25, 0.3) is 5.91 Å². The number of rotatable bonds is 7. The van der Waals surface area contributed by atoms with E-state index >= 15 is 0 Å². The smallest absolute Gasteiger partial charge is 0.264 e. The second-order valence-electron chi connectivity index (χ2n) is 8.36. The van der Waals surface area contributed by atoms with Crippen LogP contribution < -0.4 is 5.32 Å². The molecular weight excluding hydrogens is 438 g/mol. The summed E-state index contributed by atoms with van der Waals surface area (Å²) in [6.45, 7) is 4.07. The molecule has 1 atom stereocenters. The lowest BCUT2D eigenvalue weighted by molar-refractivity contribution is -0.127. The fourth-order valence-electron chi connectivity index (χ4n) is 3.89. The van der Waals surface area contributed by atoms with E-state index in [0.29, 0.717) is 30.6 Å². The first-order chi connectivity index (χ1) is 16.1. The van der Waals surface area contributed by atoms with E-state index in [-0.39, 0.29) is 16.7 Å². The van der Waals surface area contributed by atoms with Gasteiger partial charge in [-0.2, -0.15) is 20.4 Å². The maximum atomic E-state index is 12.9. The molecule has 0 aromatic carbocycles. The molecule has 1 saturated heterocycles. The molecule has 10 nitrogen and oxygen atoms in total. The zero-order chi connectivity index (χ0) is 22.8. The van der Waals surface area contributed by atoms with Crippen LogP contribution in [0.25, 0.3) is 11.0 Å². The molecule has 2 aliphatic rings. The number of aromatic nitrogens is 6. The van der Waals surface area contributed by atoms with Crippen molar-refractivity contribution in [2.45, 2.75) is 49.4 Å². The normalized spacial score (nSPS) is 19.0. The molecule has 33 heavy (non-hydrogen) atoms. The molecule has 2 fully saturated rings. The molecule has 1 amide bonds. The van der Waals surface area contributed by atoms with Crippen molar-refractivity contribution < 1.29 is 4.79 Å². The Morgan fingerprint density at radius 1 is 1.36 bits per heavy atom. The van der Waals surface area contributed by atoms with E-state index in [1.165, 1.54) is 0 Å². The zero-order valence-corrected chi connectivity index (χ0v) is 19.2. The van der Waals surface area contributed by atoms with Gasteiger partial charge in [-0.25, -0.2) is 4.98 Å². The maximum absolute atomic E-state index is 12.9. The van der Waals surface area contributed by atoms with Crippen molar-refractivity contribution in [3.05, 3.63) is 30.2 Å². The number of allylic oxidation sites excluding steroid dienone is 1. The zero-order valence-electron chi connectivity index (χ0n) is 18.4. The van der Waals surface area contributed by atoms with Gasteiger partial charge in [0.05, 0.1) is 23.5 Å². The van der Waals surface area contributed by atoms with E-state index in [4.69, 9.17) is 4.98 Å². The summed E-state index contributed by atoms with van der Waals surface area (Å²) < 4.78 is 1.83. The van der Waals surface area contributed by atoms with Crippen molar-refractivity contribution in [2.75, 3.05) is 18.4 Å². The molecule has 3 aromatic rings. The Morgan fingerprint density at radius 3 is 3.00 bits per heavy atom. The van der Waals surface area contributed by atoms with Gasteiger partial charge in [-0.05, 0) is 38.5 Å². The maximum Gasteiger partial charge on any atom is 0.264 e. The van der Waals surface area contributed by atoms with Gasteiger partial charge in [0, 0.05) is 31.1 Å². The van der Waals surface area contributed by atoms with Crippen LogP contribution in [0.15, 0.2) is 35.3 Å². The molecule has 1 saturated carbocycles. The summed E-state index contributed by atoms with van der Waals surface area (Å²) in [6, 6.07) is 2.11. The average molecular weight is 464 g/mol. The van der Waals surface area contributed by atoms with Crippen molar-refractivity contribution in [3.8, 4) is 6.07 Å². The van der Waals surface area contributed by atoms with E-state index in [9.17, 15) is 10.1 Å². The first kappa shape index (κ1) is 21.5. The average Bonchev–Trinajstić information content (AvgIpc) is 3.32. The molecular formula is C22H25N9OS. The van der Waals surface area contributed by atoms with Gasteiger partial charge in [-0.1, -0.05) is 6.08 Å². The molecule has 4 heterocycles. The Bertz CT molecular complexity index is 1240. The fraction of sp³-hybridized carbons (Fsp3) is 0.455.